The van der Waals surface area contributed by atoms with E-state index in [4.69, 9.17) is 9.47 Å². The Hall–Kier alpha value is -2.53. The lowest BCUT2D eigenvalue weighted by Gasteiger charge is -2.32. The zero-order valence-corrected chi connectivity index (χ0v) is 18.7. The molecule has 0 spiro atoms. The number of likely N-dealkylation sites (tertiary alicyclic amines) is 1. The van der Waals surface area contributed by atoms with Crippen molar-refractivity contribution in [3.63, 3.8) is 0 Å². The summed E-state index contributed by atoms with van der Waals surface area (Å²) in [6, 6.07) is 11.7. The van der Waals surface area contributed by atoms with Crippen LogP contribution in [0.1, 0.15) is 55.1 Å². The maximum atomic E-state index is 13.1. The van der Waals surface area contributed by atoms with Crippen LogP contribution in [0.2, 0.25) is 0 Å². The van der Waals surface area contributed by atoms with Crippen LogP contribution in [-0.4, -0.2) is 43.1 Å². The van der Waals surface area contributed by atoms with E-state index in [0.29, 0.717) is 18.0 Å². The fourth-order valence-corrected chi connectivity index (χ4v) is 4.08. The average Bonchev–Trinajstić information content (AvgIpc) is 2.74. The zero-order chi connectivity index (χ0) is 21.9. The Morgan fingerprint density at radius 2 is 1.70 bits per heavy atom. The van der Waals surface area contributed by atoms with Gasteiger partial charge in [0.2, 0.25) is 5.75 Å². The lowest BCUT2D eigenvalue weighted by Crippen LogP contribution is -2.38. The molecule has 5 heteroatoms. The first-order chi connectivity index (χ1) is 14.2. The third-order valence-corrected chi connectivity index (χ3v) is 5.86. The second kappa shape index (κ2) is 9.09. The number of carbonyl (C=O) groups excluding carboxylic acids is 1. The quantitative estimate of drug-likeness (QED) is 0.692. The van der Waals surface area contributed by atoms with Gasteiger partial charge in [-0.1, -0.05) is 45.0 Å². The Labute approximate surface area is 179 Å². The molecule has 2 aromatic rings. The van der Waals surface area contributed by atoms with Crippen LogP contribution in [0, 0.1) is 5.92 Å². The van der Waals surface area contributed by atoms with Gasteiger partial charge in [-0.3, -0.25) is 9.69 Å². The minimum Gasteiger partial charge on any atom is -0.502 e. The first-order valence-corrected chi connectivity index (χ1v) is 10.5. The van der Waals surface area contributed by atoms with E-state index in [2.05, 4.69) is 37.8 Å². The Morgan fingerprint density at radius 3 is 2.23 bits per heavy atom. The number of Topliss-reactive ketones (excluding diaryl/α,β-unsaturated/α-hetero) is 1. The van der Waals surface area contributed by atoms with Crippen LogP contribution < -0.4 is 9.47 Å². The van der Waals surface area contributed by atoms with Gasteiger partial charge in [0.25, 0.3) is 0 Å². The Bertz CT molecular complexity index is 858. The number of carbonyl (C=O) groups is 1. The summed E-state index contributed by atoms with van der Waals surface area (Å²) in [5.74, 6) is 1.02. The van der Waals surface area contributed by atoms with Crippen LogP contribution in [0.4, 0.5) is 0 Å². The fraction of sp³-hybridized carbons (Fsp3) is 0.480. The number of aromatic hydroxyl groups is 1. The standard InChI is InChI=1S/C25H33NO4/c1-25(2,3)20-10-8-18(9-11-20)23(27)19-7-6-12-26(16-19)15-17-13-21(29-4)24(28)22(14-17)30-5/h8-11,13-14,19,28H,6-7,12,15-16H2,1-5H3/t19-/m0/s1. The molecule has 1 aliphatic rings. The molecule has 1 fully saturated rings. The highest BCUT2D eigenvalue weighted by molar-refractivity contribution is 5.98. The van der Waals surface area contributed by atoms with Crippen molar-refractivity contribution >= 4 is 5.78 Å². The number of nitrogens with zero attached hydrogens (tertiary/aromatic N) is 1. The van der Waals surface area contributed by atoms with Crippen LogP contribution in [0.3, 0.4) is 0 Å². The molecule has 1 heterocycles. The Balaban J connectivity index is 1.70. The summed E-state index contributed by atoms with van der Waals surface area (Å²) in [6.07, 6.45) is 1.90. The molecule has 0 aromatic heterocycles. The molecular formula is C25H33NO4. The third-order valence-electron chi connectivity index (χ3n) is 5.86. The highest BCUT2D eigenvalue weighted by Crippen LogP contribution is 2.37. The summed E-state index contributed by atoms with van der Waals surface area (Å²) in [4.78, 5) is 15.4. The molecule has 0 saturated carbocycles. The maximum absolute atomic E-state index is 13.1. The smallest absolute Gasteiger partial charge is 0.200 e. The molecule has 0 bridgehead atoms. The molecule has 1 atom stereocenters. The molecule has 0 unspecified atom stereocenters. The van der Waals surface area contributed by atoms with E-state index < -0.39 is 0 Å². The second-order valence-corrected chi connectivity index (χ2v) is 9.11. The Morgan fingerprint density at radius 1 is 1.10 bits per heavy atom. The lowest BCUT2D eigenvalue weighted by atomic mass is 9.85. The molecule has 3 rings (SSSR count). The number of ether oxygens (including phenoxy) is 2. The molecule has 0 amide bonds. The zero-order valence-electron chi connectivity index (χ0n) is 18.7. The predicted molar refractivity (Wildman–Crippen MR) is 119 cm³/mol. The third kappa shape index (κ3) is 4.96. The highest BCUT2D eigenvalue weighted by atomic mass is 16.5. The van der Waals surface area contributed by atoms with Gasteiger partial charge in [-0.05, 0) is 48.1 Å². The van der Waals surface area contributed by atoms with Crippen molar-refractivity contribution in [1.29, 1.82) is 0 Å². The number of hydrogen-bond donors (Lipinski definition) is 1. The van der Waals surface area contributed by atoms with Gasteiger partial charge in [-0.2, -0.15) is 0 Å². The summed E-state index contributed by atoms with van der Waals surface area (Å²) >= 11 is 0. The molecule has 1 aliphatic heterocycles. The number of ketones is 1. The van der Waals surface area contributed by atoms with Gasteiger partial charge in [-0.25, -0.2) is 0 Å². The largest absolute Gasteiger partial charge is 0.502 e. The summed E-state index contributed by atoms with van der Waals surface area (Å²) < 4.78 is 10.5. The van der Waals surface area contributed by atoms with Gasteiger partial charge in [0.05, 0.1) is 14.2 Å². The van der Waals surface area contributed by atoms with E-state index in [1.807, 2.05) is 24.3 Å². The fourth-order valence-electron chi connectivity index (χ4n) is 4.08. The van der Waals surface area contributed by atoms with Crippen LogP contribution in [0.25, 0.3) is 0 Å². The van der Waals surface area contributed by atoms with Crippen molar-refractivity contribution in [1.82, 2.24) is 4.90 Å². The van der Waals surface area contributed by atoms with Gasteiger partial charge in [0.1, 0.15) is 0 Å². The lowest BCUT2D eigenvalue weighted by molar-refractivity contribution is 0.0811. The van der Waals surface area contributed by atoms with Crippen LogP contribution in [0.15, 0.2) is 36.4 Å². The maximum Gasteiger partial charge on any atom is 0.200 e. The summed E-state index contributed by atoms with van der Waals surface area (Å²) in [6.45, 7) is 8.88. The molecule has 0 aliphatic carbocycles. The minimum atomic E-state index is 0.000132. The molecule has 1 saturated heterocycles. The SMILES string of the molecule is COc1cc(CN2CCC[C@H](C(=O)c3ccc(C(C)(C)C)cc3)C2)cc(OC)c1O. The van der Waals surface area contributed by atoms with Crippen LogP contribution in [0.5, 0.6) is 17.2 Å². The van der Waals surface area contributed by atoms with Crippen LogP contribution >= 0.6 is 0 Å². The molecule has 0 radical (unpaired) electrons. The van der Waals surface area contributed by atoms with Gasteiger partial charge >= 0.3 is 0 Å². The molecular weight excluding hydrogens is 378 g/mol. The monoisotopic (exact) mass is 411 g/mol. The number of phenolic OH excluding ortho intramolecular Hbond substituents is 1. The predicted octanol–water partition coefficient (Wildman–Crippen LogP) is 4.80. The highest BCUT2D eigenvalue weighted by Gasteiger charge is 2.27. The van der Waals surface area contributed by atoms with Gasteiger partial charge in [-0.15, -0.1) is 0 Å². The average molecular weight is 412 g/mol. The van der Waals surface area contributed by atoms with Crippen molar-refractivity contribution in [2.24, 2.45) is 5.92 Å². The summed E-state index contributed by atoms with van der Waals surface area (Å²) in [5.41, 5.74) is 3.10. The summed E-state index contributed by atoms with van der Waals surface area (Å²) in [7, 11) is 3.05. The van der Waals surface area contributed by atoms with E-state index in [1.165, 1.54) is 19.8 Å². The molecule has 30 heavy (non-hydrogen) atoms. The number of methoxy groups -OCH3 is 2. The molecule has 162 valence electrons. The van der Waals surface area contributed by atoms with Crippen molar-refractivity contribution in [3.05, 3.63) is 53.1 Å². The molecule has 1 N–H and O–H groups in total. The van der Waals surface area contributed by atoms with Gasteiger partial charge in [0.15, 0.2) is 17.3 Å². The molecule has 2 aromatic carbocycles. The first-order valence-electron chi connectivity index (χ1n) is 10.5. The van der Waals surface area contributed by atoms with Gasteiger partial charge < -0.3 is 14.6 Å². The van der Waals surface area contributed by atoms with Crippen molar-refractivity contribution in [2.75, 3.05) is 27.3 Å². The minimum absolute atomic E-state index is 0.000132. The van der Waals surface area contributed by atoms with Crippen molar-refractivity contribution < 1.29 is 19.4 Å². The number of phenols is 1. The van der Waals surface area contributed by atoms with E-state index in [-0.39, 0.29) is 22.9 Å². The van der Waals surface area contributed by atoms with Crippen LogP contribution in [-0.2, 0) is 12.0 Å². The first kappa shape index (κ1) is 22.2. The Kier molecular flexibility index (Phi) is 6.71. The normalized spacial score (nSPS) is 17.6. The topological polar surface area (TPSA) is 59.0 Å². The van der Waals surface area contributed by atoms with Crippen molar-refractivity contribution in [2.45, 2.75) is 45.6 Å². The van der Waals surface area contributed by atoms with E-state index in [1.54, 1.807) is 0 Å². The number of rotatable bonds is 6. The number of benzene rings is 2. The second-order valence-electron chi connectivity index (χ2n) is 9.11. The number of piperidine rings is 1. The van der Waals surface area contributed by atoms with E-state index >= 15 is 0 Å². The van der Waals surface area contributed by atoms with E-state index in [0.717, 1.165) is 37.1 Å². The van der Waals surface area contributed by atoms with E-state index in [9.17, 15) is 9.90 Å². The molecule has 5 nitrogen and oxygen atoms in total. The number of hydrogen-bond acceptors (Lipinski definition) is 5. The summed E-state index contributed by atoms with van der Waals surface area (Å²) in [5, 5.41) is 10.1. The van der Waals surface area contributed by atoms with Gasteiger partial charge in [0, 0.05) is 24.6 Å². The van der Waals surface area contributed by atoms with Crippen molar-refractivity contribution in [3.8, 4) is 17.2 Å².